The number of likely N-dealkylation sites (tertiary alicyclic amines) is 1. The number of ether oxygens (including phenoxy) is 1. The minimum absolute atomic E-state index is 0.0290. The van der Waals surface area contributed by atoms with Crippen LogP contribution < -0.4 is 9.46 Å². The predicted octanol–water partition coefficient (Wildman–Crippen LogP) is 2.51. The average molecular weight is 394 g/mol. The summed E-state index contributed by atoms with van der Waals surface area (Å²) in [5.41, 5.74) is 0. The second-order valence-electron chi connectivity index (χ2n) is 6.25. The first-order valence-electron chi connectivity index (χ1n) is 8.20. The minimum atomic E-state index is -4.84. The molecule has 1 unspecified atom stereocenters. The topological polar surface area (TPSA) is 75.7 Å². The third-order valence-electron chi connectivity index (χ3n) is 4.01. The van der Waals surface area contributed by atoms with Crippen molar-refractivity contribution in [2.45, 2.75) is 37.4 Å². The van der Waals surface area contributed by atoms with Crippen molar-refractivity contribution in [2.75, 3.05) is 19.6 Å². The number of piperidine rings is 1. The van der Waals surface area contributed by atoms with Crippen LogP contribution in [0.5, 0.6) is 5.75 Å². The van der Waals surface area contributed by atoms with Crippen LogP contribution in [0, 0.1) is 5.92 Å². The molecule has 2 rings (SSSR count). The quantitative estimate of drug-likeness (QED) is 0.805. The Kier molecular flexibility index (Phi) is 6.51. The molecule has 146 valence electrons. The van der Waals surface area contributed by atoms with E-state index in [9.17, 15) is 26.4 Å². The molecule has 1 atom stereocenters. The van der Waals surface area contributed by atoms with Crippen LogP contribution in [0.2, 0.25) is 0 Å². The van der Waals surface area contributed by atoms with Crippen molar-refractivity contribution in [3.63, 3.8) is 0 Å². The number of hydrogen-bond acceptors (Lipinski definition) is 4. The molecule has 1 aromatic rings. The highest BCUT2D eigenvalue weighted by Crippen LogP contribution is 2.23. The van der Waals surface area contributed by atoms with Crippen molar-refractivity contribution in [1.29, 1.82) is 0 Å². The highest BCUT2D eigenvalue weighted by Gasteiger charge is 2.31. The lowest BCUT2D eigenvalue weighted by Crippen LogP contribution is -2.40. The van der Waals surface area contributed by atoms with Gasteiger partial charge in [-0.3, -0.25) is 4.79 Å². The van der Waals surface area contributed by atoms with Gasteiger partial charge in [0, 0.05) is 26.1 Å². The fourth-order valence-corrected chi connectivity index (χ4v) is 3.80. The van der Waals surface area contributed by atoms with Gasteiger partial charge in [0.2, 0.25) is 15.9 Å². The van der Waals surface area contributed by atoms with Crippen LogP contribution in [0.3, 0.4) is 0 Å². The fraction of sp³-hybridized carbons (Fsp3) is 0.562. The van der Waals surface area contributed by atoms with Crippen molar-refractivity contribution < 1.29 is 31.1 Å². The molecule has 1 heterocycles. The normalized spacial score (nSPS) is 18.6. The molecule has 1 aliphatic rings. The molecule has 1 aromatic carbocycles. The van der Waals surface area contributed by atoms with E-state index in [1.807, 2.05) is 0 Å². The first-order chi connectivity index (χ1) is 12.1. The summed E-state index contributed by atoms with van der Waals surface area (Å²) in [6.07, 6.45) is -2.80. The van der Waals surface area contributed by atoms with Crippen LogP contribution in [-0.4, -0.2) is 45.2 Å². The number of nitrogens with one attached hydrogen (secondary N) is 1. The Hall–Kier alpha value is -1.81. The summed E-state index contributed by atoms with van der Waals surface area (Å²) >= 11 is 0. The van der Waals surface area contributed by atoms with E-state index in [0.717, 1.165) is 37.1 Å². The van der Waals surface area contributed by atoms with Gasteiger partial charge >= 0.3 is 6.36 Å². The van der Waals surface area contributed by atoms with Crippen LogP contribution in [0.1, 0.15) is 26.2 Å². The van der Waals surface area contributed by atoms with E-state index in [2.05, 4.69) is 16.4 Å². The number of benzene rings is 1. The minimum Gasteiger partial charge on any atom is -0.406 e. The van der Waals surface area contributed by atoms with Gasteiger partial charge in [-0.1, -0.05) is 6.92 Å². The number of carbonyl (C=O) groups excluding carboxylic acids is 1. The second kappa shape index (κ2) is 8.26. The molecule has 1 fully saturated rings. The summed E-state index contributed by atoms with van der Waals surface area (Å²) in [6.45, 7) is 3.34. The Morgan fingerprint density at radius 3 is 2.54 bits per heavy atom. The van der Waals surface area contributed by atoms with Crippen LogP contribution in [-0.2, 0) is 14.8 Å². The molecule has 26 heavy (non-hydrogen) atoms. The van der Waals surface area contributed by atoms with Crippen LogP contribution in [0.15, 0.2) is 29.2 Å². The van der Waals surface area contributed by atoms with Crippen molar-refractivity contribution in [1.82, 2.24) is 9.62 Å². The van der Waals surface area contributed by atoms with Gasteiger partial charge in [0.1, 0.15) is 5.75 Å². The van der Waals surface area contributed by atoms with Gasteiger partial charge in [-0.2, -0.15) is 0 Å². The number of hydrogen-bond donors (Lipinski definition) is 1. The van der Waals surface area contributed by atoms with Crippen molar-refractivity contribution in [3.05, 3.63) is 24.3 Å². The Balaban J connectivity index is 1.87. The molecule has 0 saturated carbocycles. The van der Waals surface area contributed by atoms with E-state index in [1.54, 1.807) is 4.90 Å². The van der Waals surface area contributed by atoms with Gasteiger partial charge < -0.3 is 9.64 Å². The summed E-state index contributed by atoms with van der Waals surface area (Å²) in [6, 6.07) is 3.86. The van der Waals surface area contributed by atoms with Gasteiger partial charge in [-0.25, -0.2) is 13.1 Å². The maximum Gasteiger partial charge on any atom is 0.573 e. The monoisotopic (exact) mass is 394 g/mol. The van der Waals surface area contributed by atoms with Gasteiger partial charge in [-0.15, -0.1) is 13.2 Å². The summed E-state index contributed by atoms with van der Waals surface area (Å²) in [4.78, 5) is 13.6. The molecule has 1 saturated heterocycles. The van der Waals surface area contributed by atoms with E-state index < -0.39 is 22.1 Å². The Morgan fingerprint density at radius 1 is 1.31 bits per heavy atom. The smallest absolute Gasteiger partial charge is 0.406 e. The lowest BCUT2D eigenvalue weighted by Gasteiger charge is -2.31. The van der Waals surface area contributed by atoms with Crippen molar-refractivity contribution in [2.24, 2.45) is 5.92 Å². The first-order valence-corrected chi connectivity index (χ1v) is 9.68. The SMILES string of the molecule is CC1CCCN(C(=O)CCNS(=O)(=O)c2ccc(OC(F)(F)F)cc2)C1. The van der Waals surface area contributed by atoms with E-state index >= 15 is 0 Å². The number of amides is 1. The van der Waals surface area contributed by atoms with E-state index in [4.69, 9.17) is 0 Å². The Morgan fingerprint density at radius 2 is 1.96 bits per heavy atom. The largest absolute Gasteiger partial charge is 0.573 e. The highest BCUT2D eigenvalue weighted by molar-refractivity contribution is 7.89. The number of nitrogens with zero attached hydrogens (tertiary/aromatic N) is 1. The molecular formula is C16H21F3N2O4S. The Labute approximate surface area is 150 Å². The summed E-state index contributed by atoms with van der Waals surface area (Å²) < 4.78 is 66.6. The standard InChI is InChI=1S/C16H21F3N2O4S/c1-12-3-2-10-21(11-12)15(22)8-9-20-26(23,24)14-6-4-13(5-7-14)25-16(17,18)19/h4-7,12,20H,2-3,8-11H2,1H3. The maximum atomic E-state index is 12.1. The number of sulfonamides is 1. The number of alkyl halides is 3. The molecular weight excluding hydrogens is 373 g/mol. The molecule has 1 amide bonds. The number of carbonyl (C=O) groups is 1. The van der Waals surface area contributed by atoms with E-state index in [-0.39, 0.29) is 23.8 Å². The zero-order chi connectivity index (χ0) is 19.4. The summed E-state index contributed by atoms with van der Waals surface area (Å²) in [5, 5.41) is 0. The third-order valence-corrected chi connectivity index (χ3v) is 5.49. The Bertz CT molecular complexity index is 720. The van der Waals surface area contributed by atoms with Gasteiger partial charge in [-0.05, 0) is 43.0 Å². The summed E-state index contributed by atoms with van der Waals surface area (Å²) in [5.74, 6) is -0.194. The molecule has 0 bridgehead atoms. The highest BCUT2D eigenvalue weighted by atomic mass is 32.2. The lowest BCUT2D eigenvalue weighted by molar-refractivity contribution is -0.274. The van der Waals surface area contributed by atoms with Crippen LogP contribution in [0.4, 0.5) is 13.2 Å². The van der Waals surface area contributed by atoms with Gasteiger partial charge in [0.05, 0.1) is 4.90 Å². The molecule has 6 nitrogen and oxygen atoms in total. The summed E-state index contributed by atoms with van der Waals surface area (Å²) in [7, 11) is -3.92. The van der Waals surface area contributed by atoms with Crippen LogP contribution >= 0.6 is 0 Å². The van der Waals surface area contributed by atoms with E-state index in [0.29, 0.717) is 19.0 Å². The van der Waals surface area contributed by atoms with Crippen molar-refractivity contribution >= 4 is 15.9 Å². The van der Waals surface area contributed by atoms with E-state index in [1.165, 1.54) is 0 Å². The second-order valence-corrected chi connectivity index (χ2v) is 8.02. The molecule has 0 spiro atoms. The van der Waals surface area contributed by atoms with Crippen LogP contribution in [0.25, 0.3) is 0 Å². The van der Waals surface area contributed by atoms with Crippen molar-refractivity contribution in [3.8, 4) is 5.75 Å². The maximum absolute atomic E-state index is 12.1. The van der Waals surface area contributed by atoms with Gasteiger partial charge in [0.15, 0.2) is 0 Å². The third kappa shape index (κ3) is 6.17. The molecule has 0 aromatic heterocycles. The lowest BCUT2D eigenvalue weighted by atomic mass is 10.0. The molecule has 10 heteroatoms. The molecule has 0 aliphatic carbocycles. The molecule has 1 N–H and O–H groups in total. The molecule has 0 radical (unpaired) electrons. The first kappa shape index (κ1) is 20.5. The number of rotatable bonds is 6. The predicted molar refractivity (Wildman–Crippen MR) is 87.9 cm³/mol. The zero-order valence-corrected chi connectivity index (χ0v) is 15.1. The van der Waals surface area contributed by atoms with Gasteiger partial charge in [0.25, 0.3) is 0 Å². The number of halogens is 3. The molecule has 1 aliphatic heterocycles. The fourth-order valence-electron chi connectivity index (χ4n) is 2.77. The average Bonchev–Trinajstić information content (AvgIpc) is 2.53. The zero-order valence-electron chi connectivity index (χ0n) is 14.3.